The van der Waals surface area contributed by atoms with E-state index in [0.717, 1.165) is 6.92 Å². The van der Waals surface area contributed by atoms with E-state index in [-0.39, 0.29) is 5.70 Å². The van der Waals surface area contributed by atoms with E-state index in [1.54, 1.807) is 0 Å². The van der Waals surface area contributed by atoms with Crippen LogP contribution in [0.1, 0.15) is 6.92 Å². The predicted molar refractivity (Wildman–Crippen MR) is 32.1 cm³/mol. The van der Waals surface area contributed by atoms with Crippen molar-refractivity contribution < 1.29 is 18.0 Å². The third kappa shape index (κ3) is 2.48. The van der Waals surface area contributed by atoms with Gasteiger partial charge in [-0.05, 0) is 6.92 Å². The van der Waals surface area contributed by atoms with Gasteiger partial charge in [0.2, 0.25) is 0 Å². The Labute approximate surface area is 60.8 Å². The molecule has 0 aliphatic heterocycles. The highest BCUT2D eigenvalue weighted by molar-refractivity contribution is 5.99. The molecular formula is C5H7F3N2O. The largest absolute Gasteiger partial charge is 0.456 e. The minimum Gasteiger partial charge on any atom is -0.401 e. The summed E-state index contributed by atoms with van der Waals surface area (Å²) in [6, 6.07) is 0. The van der Waals surface area contributed by atoms with Crippen LogP contribution in [0.15, 0.2) is 11.4 Å². The smallest absolute Gasteiger partial charge is 0.401 e. The Kier molecular flexibility index (Phi) is 2.50. The molecule has 0 aromatic carbocycles. The van der Waals surface area contributed by atoms with Crippen LogP contribution in [0.3, 0.4) is 0 Å². The summed E-state index contributed by atoms with van der Waals surface area (Å²) in [6.07, 6.45) is -4.94. The Morgan fingerprint density at radius 1 is 1.27 bits per heavy atom. The van der Waals surface area contributed by atoms with E-state index >= 15 is 0 Å². The van der Waals surface area contributed by atoms with Gasteiger partial charge in [-0.15, -0.1) is 0 Å². The minimum atomic E-state index is -4.94. The molecule has 0 rings (SSSR count). The van der Waals surface area contributed by atoms with Crippen LogP contribution in [0.25, 0.3) is 0 Å². The average Bonchev–Trinajstić information content (AvgIpc) is 1.82. The van der Waals surface area contributed by atoms with Crippen molar-refractivity contribution in [2.24, 2.45) is 11.5 Å². The number of nitrogens with two attached hydrogens (primary N) is 2. The first-order valence-electron chi connectivity index (χ1n) is 2.60. The minimum absolute atomic E-state index is 0.327. The van der Waals surface area contributed by atoms with Gasteiger partial charge < -0.3 is 11.5 Å². The molecule has 64 valence electrons. The number of carbonyl (C=O) groups excluding carboxylic acids is 1. The van der Waals surface area contributed by atoms with Gasteiger partial charge in [0, 0.05) is 5.70 Å². The highest BCUT2D eigenvalue weighted by atomic mass is 19.4. The zero-order chi connectivity index (χ0) is 9.23. The summed E-state index contributed by atoms with van der Waals surface area (Å²) >= 11 is 0. The lowest BCUT2D eigenvalue weighted by atomic mass is 10.2. The van der Waals surface area contributed by atoms with Crippen LogP contribution in [0.5, 0.6) is 0 Å². The molecule has 0 heterocycles. The Morgan fingerprint density at radius 2 is 1.64 bits per heavy atom. The first-order chi connectivity index (χ1) is 4.76. The van der Waals surface area contributed by atoms with E-state index in [9.17, 15) is 18.0 Å². The summed E-state index contributed by atoms with van der Waals surface area (Å²) in [5, 5.41) is 0. The van der Waals surface area contributed by atoms with Crippen molar-refractivity contribution in [3.63, 3.8) is 0 Å². The molecule has 0 aliphatic rings. The molecule has 0 fully saturated rings. The second-order valence-corrected chi connectivity index (χ2v) is 1.92. The Balaban J connectivity index is 4.67. The molecule has 6 heteroatoms. The second-order valence-electron chi connectivity index (χ2n) is 1.92. The van der Waals surface area contributed by atoms with Crippen LogP contribution in [-0.2, 0) is 4.79 Å². The van der Waals surface area contributed by atoms with E-state index in [4.69, 9.17) is 11.5 Å². The summed E-state index contributed by atoms with van der Waals surface area (Å²) in [5.74, 6) is -2.10. The number of ketones is 1. The summed E-state index contributed by atoms with van der Waals surface area (Å²) in [4.78, 5) is 10.2. The van der Waals surface area contributed by atoms with Crippen LogP contribution in [0, 0.1) is 0 Å². The standard InChI is InChI=1S/C5H7F3N2O/c1-2(9)3(10)4(11)5(6,7)8/h9-10H2,1H3. The van der Waals surface area contributed by atoms with Gasteiger partial charge >= 0.3 is 6.18 Å². The van der Waals surface area contributed by atoms with Crippen molar-refractivity contribution >= 4 is 5.78 Å². The fraction of sp³-hybridized carbons (Fsp3) is 0.400. The van der Waals surface area contributed by atoms with Gasteiger partial charge in [0.05, 0.1) is 0 Å². The van der Waals surface area contributed by atoms with Crippen molar-refractivity contribution in [2.45, 2.75) is 13.1 Å². The molecule has 0 aromatic heterocycles. The maximum absolute atomic E-state index is 11.5. The lowest BCUT2D eigenvalue weighted by Gasteiger charge is -2.05. The van der Waals surface area contributed by atoms with E-state index in [1.165, 1.54) is 0 Å². The number of carbonyl (C=O) groups is 1. The Bertz CT molecular complexity index is 202. The van der Waals surface area contributed by atoms with Crippen molar-refractivity contribution in [2.75, 3.05) is 0 Å². The maximum Gasteiger partial charge on any atom is 0.456 e. The van der Waals surface area contributed by atoms with Crippen molar-refractivity contribution in [3.05, 3.63) is 11.4 Å². The number of allylic oxidation sites excluding steroid dienone is 2. The molecule has 0 spiro atoms. The molecule has 3 nitrogen and oxygen atoms in total. The molecule has 4 N–H and O–H groups in total. The van der Waals surface area contributed by atoms with Gasteiger partial charge in [-0.1, -0.05) is 0 Å². The summed E-state index contributed by atoms with van der Waals surface area (Å²) in [7, 11) is 0. The molecule has 0 aromatic rings. The van der Waals surface area contributed by atoms with E-state index in [2.05, 4.69) is 0 Å². The summed E-state index contributed by atoms with van der Waals surface area (Å²) < 4.78 is 34.6. The van der Waals surface area contributed by atoms with Crippen LogP contribution < -0.4 is 11.5 Å². The van der Waals surface area contributed by atoms with Gasteiger partial charge in [-0.3, -0.25) is 4.79 Å². The molecular weight excluding hydrogens is 161 g/mol. The average molecular weight is 168 g/mol. The summed E-state index contributed by atoms with van der Waals surface area (Å²) in [5.41, 5.74) is 8.33. The van der Waals surface area contributed by atoms with Gasteiger partial charge in [0.1, 0.15) is 5.70 Å². The zero-order valence-corrected chi connectivity index (χ0v) is 5.70. The van der Waals surface area contributed by atoms with Crippen LogP contribution in [0.4, 0.5) is 13.2 Å². The molecule has 0 atom stereocenters. The lowest BCUT2D eigenvalue weighted by molar-refractivity contribution is -0.166. The third-order valence-electron chi connectivity index (χ3n) is 0.927. The van der Waals surface area contributed by atoms with Crippen molar-refractivity contribution in [1.82, 2.24) is 0 Å². The lowest BCUT2D eigenvalue weighted by Crippen LogP contribution is -2.30. The molecule has 0 bridgehead atoms. The number of rotatable bonds is 1. The maximum atomic E-state index is 11.5. The molecule has 0 amide bonds. The first-order valence-corrected chi connectivity index (χ1v) is 2.60. The van der Waals surface area contributed by atoms with Crippen LogP contribution in [-0.4, -0.2) is 12.0 Å². The molecule has 0 saturated carbocycles. The quantitative estimate of drug-likeness (QED) is 0.552. The van der Waals surface area contributed by atoms with Gasteiger partial charge in [-0.25, -0.2) is 0 Å². The fourth-order valence-corrected chi connectivity index (χ4v) is 0.332. The number of hydrogen-bond acceptors (Lipinski definition) is 3. The zero-order valence-electron chi connectivity index (χ0n) is 5.70. The molecule has 0 saturated heterocycles. The molecule has 0 aliphatic carbocycles. The highest BCUT2D eigenvalue weighted by Crippen LogP contribution is 2.18. The van der Waals surface area contributed by atoms with Gasteiger partial charge in [0.15, 0.2) is 0 Å². The number of alkyl halides is 3. The van der Waals surface area contributed by atoms with E-state index < -0.39 is 17.7 Å². The summed E-state index contributed by atoms with van der Waals surface area (Å²) in [6.45, 7) is 1.12. The normalized spacial score (nSPS) is 14.2. The van der Waals surface area contributed by atoms with E-state index in [1.807, 2.05) is 0 Å². The molecule has 0 radical (unpaired) electrons. The van der Waals surface area contributed by atoms with Crippen LogP contribution in [0.2, 0.25) is 0 Å². The first kappa shape index (κ1) is 9.80. The fourth-order valence-electron chi connectivity index (χ4n) is 0.332. The molecule has 0 unspecified atom stereocenters. The van der Waals surface area contributed by atoms with Gasteiger partial charge in [-0.2, -0.15) is 13.2 Å². The van der Waals surface area contributed by atoms with Crippen molar-refractivity contribution in [1.29, 1.82) is 0 Å². The van der Waals surface area contributed by atoms with Gasteiger partial charge in [0.25, 0.3) is 5.78 Å². The van der Waals surface area contributed by atoms with E-state index in [0.29, 0.717) is 0 Å². The number of hydrogen-bond donors (Lipinski definition) is 2. The van der Waals surface area contributed by atoms with Crippen LogP contribution >= 0.6 is 0 Å². The van der Waals surface area contributed by atoms with Crippen molar-refractivity contribution in [3.8, 4) is 0 Å². The predicted octanol–water partition coefficient (Wildman–Crippen LogP) is 0.267. The Morgan fingerprint density at radius 3 is 1.73 bits per heavy atom. The Hall–Kier alpha value is -1.20. The number of Topliss-reactive ketones (excluding diaryl/α,β-unsaturated/α-hetero) is 1. The second kappa shape index (κ2) is 2.81. The third-order valence-corrected chi connectivity index (χ3v) is 0.927. The topological polar surface area (TPSA) is 69.1 Å². The molecule has 11 heavy (non-hydrogen) atoms. The monoisotopic (exact) mass is 168 g/mol. The SMILES string of the molecule is CC(N)=C(N)C(=O)C(F)(F)F. The highest BCUT2D eigenvalue weighted by Gasteiger charge is 2.40. The number of halogens is 3.